The van der Waals surface area contributed by atoms with Crippen molar-refractivity contribution in [1.82, 2.24) is 5.32 Å². The van der Waals surface area contributed by atoms with Crippen molar-refractivity contribution >= 4 is 68.6 Å². The number of carbonyl (C=O) groups excluding carboxylic acids is 1. The molecule has 6 nitrogen and oxygen atoms in total. The van der Waals surface area contributed by atoms with Crippen molar-refractivity contribution in [2.24, 2.45) is 0 Å². The monoisotopic (exact) mass is 399 g/mol. The van der Waals surface area contributed by atoms with E-state index in [9.17, 15) is 9.59 Å². The average Bonchev–Trinajstić information content (AvgIpc) is 2.48. The molecule has 23 heavy (non-hydrogen) atoms. The molecule has 0 aromatic heterocycles. The maximum atomic E-state index is 11.9. The Morgan fingerprint density at radius 1 is 1.17 bits per heavy atom. The molecule has 1 unspecified atom stereocenters. The number of carbonyl (C=O) groups is 2. The number of Topliss-reactive ketones (excluding diaryl/α,β-unsaturated/α-hetero) is 1. The smallest absolute Gasteiger partial charge is 0.404 e. The molecule has 0 saturated carbocycles. The number of amides is 1. The molecule has 1 atom stereocenters. The van der Waals surface area contributed by atoms with Crippen molar-refractivity contribution in [3.63, 3.8) is 0 Å². The lowest BCUT2D eigenvalue weighted by Gasteiger charge is -2.16. The van der Waals surface area contributed by atoms with E-state index >= 15 is 0 Å². The van der Waals surface area contributed by atoms with E-state index in [1.54, 1.807) is 0 Å². The lowest BCUT2D eigenvalue weighted by atomic mass is 10.2. The Kier molecular flexibility index (Phi) is 13.5. The van der Waals surface area contributed by atoms with Crippen LogP contribution in [-0.4, -0.2) is 56.5 Å². The number of carboxylic acid groups (broad SMARTS) is 1. The molecule has 0 aliphatic carbocycles. The second-order valence-electron chi connectivity index (χ2n) is 4.16. The number of hydrogen-bond acceptors (Lipinski definition) is 8. The molecule has 0 aliphatic rings. The van der Waals surface area contributed by atoms with Crippen LogP contribution in [0, 0.1) is 0 Å². The molecule has 0 heterocycles. The zero-order valence-electron chi connectivity index (χ0n) is 13.0. The molecule has 0 aromatic carbocycles. The maximum absolute atomic E-state index is 11.9. The maximum Gasteiger partial charge on any atom is 0.404 e. The van der Waals surface area contributed by atoms with Gasteiger partial charge in [0.05, 0.1) is 19.0 Å². The molecule has 2 N–H and O–H groups in total. The summed E-state index contributed by atoms with van der Waals surface area (Å²) in [5.74, 6) is 0.277. The van der Waals surface area contributed by atoms with Crippen LogP contribution in [0.4, 0.5) is 4.79 Å². The highest BCUT2D eigenvalue weighted by molar-refractivity contribution is 8.23. The van der Waals surface area contributed by atoms with Crippen LogP contribution in [0.15, 0.2) is 0 Å². The second kappa shape index (κ2) is 13.8. The van der Waals surface area contributed by atoms with Gasteiger partial charge in [0.1, 0.15) is 5.78 Å². The van der Waals surface area contributed by atoms with Crippen LogP contribution in [0.25, 0.3) is 0 Å². The molecule has 0 radical (unpaired) electrons. The SMILES string of the molecule is CCOC(=S)SCC(=O)CCC(CNC(=O)O)SC(=S)OCC. The van der Waals surface area contributed by atoms with Gasteiger partial charge in [0.15, 0.2) is 0 Å². The summed E-state index contributed by atoms with van der Waals surface area (Å²) in [4.78, 5) is 22.5. The van der Waals surface area contributed by atoms with Crippen molar-refractivity contribution in [3.8, 4) is 0 Å². The number of thioether (sulfide) groups is 2. The Balaban J connectivity index is 4.24. The van der Waals surface area contributed by atoms with Crippen molar-refractivity contribution in [1.29, 1.82) is 0 Å². The molecule has 0 aliphatic heterocycles. The highest BCUT2D eigenvalue weighted by Gasteiger charge is 2.16. The molecule has 0 rings (SSSR count). The number of rotatable bonds is 10. The van der Waals surface area contributed by atoms with Crippen LogP contribution in [0.1, 0.15) is 26.7 Å². The van der Waals surface area contributed by atoms with Crippen molar-refractivity contribution < 1.29 is 24.2 Å². The summed E-state index contributed by atoms with van der Waals surface area (Å²) < 4.78 is 11.0. The summed E-state index contributed by atoms with van der Waals surface area (Å²) in [5.41, 5.74) is 0. The third-order valence-electron chi connectivity index (χ3n) is 2.36. The lowest BCUT2D eigenvalue weighted by molar-refractivity contribution is -0.116. The standard InChI is InChI=1S/C13H21NO5S4/c1-3-18-12(20)22-8-9(15)5-6-10(7-14-11(16)17)23-13(21)19-4-2/h10,14H,3-8H2,1-2H3,(H,16,17). The van der Waals surface area contributed by atoms with Gasteiger partial charge in [-0.1, -0.05) is 23.5 Å². The molecule has 10 heteroatoms. The van der Waals surface area contributed by atoms with Gasteiger partial charge in [-0.3, -0.25) is 4.79 Å². The van der Waals surface area contributed by atoms with E-state index in [-0.39, 0.29) is 23.3 Å². The first-order valence-electron chi connectivity index (χ1n) is 7.00. The Labute approximate surface area is 155 Å². The van der Waals surface area contributed by atoms with E-state index in [2.05, 4.69) is 5.32 Å². The minimum absolute atomic E-state index is 0.0281. The minimum Gasteiger partial charge on any atom is -0.479 e. The van der Waals surface area contributed by atoms with Gasteiger partial charge in [-0.25, -0.2) is 4.79 Å². The molecular weight excluding hydrogens is 378 g/mol. The van der Waals surface area contributed by atoms with Crippen LogP contribution >= 0.6 is 48.0 Å². The van der Waals surface area contributed by atoms with E-state index in [1.807, 2.05) is 13.8 Å². The molecule has 132 valence electrons. The van der Waals surface area contributed by atoms with Crippen molar-refractivity contribution in [3.05, 3.63) is 0 Å². The Morgan fingerprint density at radius 2 is 1.78 bits per heavy atom. The summed E-state index contributed by atoms with van der Waals surface area (Å²) in [6, 6.07) is 0. The Morgan fingerprint density at radius 3 is 2.35 bits per heavy atom. The van der Waals surface area contributed by atoms with Gasteiger partial charge < -0.3 is 19.9 Å². The zero-order chi connectivity index (χ0) is 17.7. The topological polar surface area (TPSA) is 84.9 Å². The normalized spacial score (nSPS) is 11.4. The van der Waals surface area contributed by atoms with E-state index < -0.39 is 6.09 Å². The van der Waals surface area contributed by atoms with E-state index in [0.717, 1.165) is 0 Å². The molecule has 0 fully saturated rings. The first-order valence-corrected chi connectivity index (χ1v) is 9.68. The molecule has 1 amide bonds. The highest BCUT2D eigenvalue weighted by Crippen LogP contribution is 2.20. The first kappa shape index (κ1) is 22.4. The van der Waals surface area contributed by atoms with E-state index in [4.69, 9.17) is 39.0 Å². The van der Waals surface area contributed by atoms with Gasteiger partial charge >= 0.3 is 6.09 Å². The zero-order valence-corrected chi connectivity index (χ0v) is 16.3. The van der Waals surface area contributed by atoms with Gasteiger partial charge in [-0.2, -0.15) is 0 Å². The number of nitrogens with one attached hydrogen (secondary N) is 1. The van der Waals surface area contributed by atoms with Crippen LogP contribution in [0.2, 0.25) is 0 Å². The fraction of sp³-hybridized carbons (Fsp3) is 0.692. The van der Waals surface area contributed by atoms with Crippen LogP contribution in [0.3, 0.4) is 0 Å². The van der Waals surface area contributed by atoms with Gasteiger partial charge in [-0.15, -0.1) is 0 Å². The molecule has 0 spiro atoms. The minimum atomic E-state index is -1.11. The van der Waals surface area contributed by atoms with Gasteiger partial charge in [-0.05, 0) is 44.7 Å². The first-order chi connectivity index (χ1) is 10.9. The Hall–Kier alpha value is -0.580. The summed E-state index contributed by atoms with van der Waals surface area (Å²) in [6.07, 6.45) is -0.295. The lowest BCUT2D eigenvalue weighted by Crippen LogP contribution is -2.30. The van der Waals surface area contributed by atoms with Gasteiger partial charge in [0.25, 0.3) is 0 Å². The largest absolute Gasteiger partial charge is 0.479 e. The third kappa shape index (κ3) is 13.5. The van der Waals surface area contributed by atoms with Crippen molar-refractivity contribution in [2.45, 2.75) is 31.9 Å². The molecule has 0 aromatic rings. The number of hydrogen-bond donors (Lipinski definition) is 2. The van der Waals surface area contributed by atoms with Gasteiger partial charge in [0, 0.05) is 18.2 Å². The number of ketones is 1. The quantitative estimate of drug-likeness (QED) is 0.538. The van der Waals surface area contributed by atoms with Crippen LogP contribution in [0.5, 0.6) is 0 Å². The predicted molar refractivity (Wildman–Crippen MR) is 103 cm³/mol. The Bertz CT molecular complexity index is 419. The predicted octanol–water partition coefficient (Wildman–Crippen LogP) is 3.08. The summed E-state index contributed by atoms with van der Waals surface area (Å²) in [6.45, 7) is 4.78. The molecule has 0 saturated heterocycles. The highest BCUT2D eigenvalue weighted by atomic mass is 32.2. The molecular formula is C13H21NO5S4. The fourth-order valence-corrected chi connectivity index (χ4v) is 3.69. The fourth-order valence-electron chi connectivity index (χ4n) is 1.38. The summed E-state index contributed by atoms with van der Waals surface area (Å²) in [7, 11) is 0. The van der Waals surface area contributed by atoms with Crippen LogP contribution < -0.4 is 5.32 Å². The molecule has 0 bridgehead atoms. The second-order valence-corrected chi connectivity index (χ2v) is 7.64. The van der Waals surface area contributed by atoms with E-state index in [1.165, 1.54) is 23.5 Å². The van der Waals surface area contributed by atoms with Crippen molar-refractivity contribution in [2.75, 3.05) is 25.5 Å². The van der Waals surface area contributed by atoms with Crippen LogP contribution in [-0.2, 0) is 14.3 Å². The average molecular weight is 400 g/mol. The van der Waals surface area contributed by atoms with E-state index in [0.29, 0.717) is 34.8 Å². The number of ether oxygens (including phenoxy) is 2. The third-order valence-corrected chi connectivity index (χ3v) is 5.11. The number of thiocarbonyl (C=S) groups is 2. The summed E-state index contributed by atoms with van der Waals surface area (Å²) in [5, 5.41) is 10.8. The summed E-state index contributed by atoms with van der Waals surface area (Å²) >= 11 is 12.4. The van der Waals surface area contributed by atoms with Gasteiger partial charge in [0.2, 0.25) is 8.77 Å².